The Bertz CT molecular complexity index is 380. The van der Waals surface area contributed by atoms with Crippen molar-refractivity contribution >= 4 is 9.73 Å². The Morgan fingerprint density at radius 2 is 1.92 bits per heavy atom. The minimum Gasteiger partial charge on any atom is -0.245 e. The highest BCUT2D eigenvalue weighted by molar-refractivity contribution is 7.95. The summed E-state index contributed by atoms with van der Waals surface area (Å²) in [6.07, 6.45) is 0. The second-order valence-corrected chi connectivity index (χ2v) is 4.23. The lowest BCUT2D eigenvalue weighted by atomic mass is 10.4. The lowest BCUT2D eigenvalue weighted by molar-refractivity contribution is 0.626. The molecular formula is C8H8FNOS. The second-order valence-electron chi connectivity index (χ2n) is 2.22. The molecule has 1 rings (SSSR count). The predicted molar refractivity (Wildman–Crippen MR) is 45.7 cm³/mol. The molecule has 1 aromatic carbocycles. The minimum absolute atomic E-state index is 0.277. The Morgan fingerprint density at radius 3 is 2.33 bits per heavy atom. The Kier molecular flexibility index (Phi) is 2.28. The van der Waals surface area contributed by atoms with Gasteiger partial charge in [0.2, 0.25) is 0 Å². The maximum Gasteiger partial charge on any atom is 0.123 e. The molecule has 0 bridgehead atoms. The Balaban J connectivity index is 3.23. The summed E-state index contributed by atoms with van der Waals surface area (Å²) in [5.41, 5.74) is 0. The smallest absolute Gasteiger partial charge is 0.123 e. The van der Waals surface area contributed by atoms with Crippen molar-refractivity contribution in [3.05, 3.63) is 42.1 Å². The average molecular weight is 185 g/mol. The summed E-state index contributed by atoms with van der Waals surface area (Å²) in [5, 5.41) is 1.06. The zero-order chi connectivity index (χ0) is 9.19. The maximum atomic E-state index is 12.4. The van der Waals surface area contributed by atoms with Crippen LogP contribution in [-0.2, 0) is 9.73 Å². The number of hydrogen-bond acceptors (Lipinski definition) is 2. The number of benzene rings is 1. The lowest BCUT2D eigenvalue weighted by Gasteiger charge is -1.99. The fourth-order valence-electron chi connectivity index (χ4n) is 0.733. The van der Waals surface area contributed by atoms with Gasteiger partial charge in [-0.15, -0.1) is 0 Å². The van der Waals surface area contributed by atoms with Crippen LogP contribution >= 0.6 is 0 Å². The molecule has 0 aliphatic rings. The first-order valence-electron chi connectivity index (χ1n) is 3.23. The van der Waals surface area contributed by atoms with Gasteiger partial charge >= 0.3 is 0 Å². The molecule has 0 heterocycles. The van der Waals surface area contributed by atoms with Crippen molar-refractivity contribution < 1.29 is 8.60 Å². The van der Waals surface area contributed by atoms with Crippen molar-refractivity contribution in [1.82, 2.24) is 0 Å². The third-order valence-electron chi connectivity index (χ3n) is 1.40. The number of nitrogens with one attached hydrogen (secondary N) is 1. The van der Waals surface area contributed by atoms with Gasteiger partial charge in [0, 0.05) is 5.41 Å². The SMILES string of the molecule is C=CS(=N)(=O)c1ccc(F)cc1. The van der Waals surface area contributed by atoms with E-state index in [1.54, 1.807) is 0 Å². The summed E-state index contributed by atoms with van der Waals surface area (Å²) in [6.45, 7) is 3.27. The third kappa shape index (κ3) is 1.71. The van der Waals surface area contributed by atoms with E-state index in [4.69, 9.17) is 4.78 Å². The van der Waals surface area contributed by atoms with Crippen LogP contribution in [0.2, 0.25) is 0 Å². The van der Waals surface area contributed by atoms with Crippen LogP contribution in [-0.4, -0.2) is 4.21 Å². The van der Waals surface area contributed by atoms with Gasteiger partial charge in [0.05, 0.1) is 14.6 Å². The molecule has 0 fully saturated rings. The standard InChI is InChI=1S/C8H8FNOS/c1-2-12(10,11)8-5-3-7(9)4-6-8/h2-6,10H,1H2. The van der Waals surface area contributed by atoms with Crippen molar-refractivity contribution in [3.8, 4) is 0 Å². The van der Waals surface area contributed by atoms with Crippen molar-refractivity contribution in [3.63, 3.8) is 0 Å². The fraction of sp³-hybridized carbons (Fsp3) is 0. The van der Waals surface area contributed by atoms with Gasteiger partial charge in [-0.2, -0.15) is 0 Å². The quantitative estimate of drug-likeness (QED) is 0.755. The molecule has 0 spiro atoms. The van der Waals surface area contributed by atoms with Crippen LogP contribution in [0.5, 0.6) is 0 Å². The van der Waals surface area contributed by atoms with E-state index in [-0.39, 0.29) is 4.90 Å². The molecule has 4 heteroatoms. The lowest BCUT2D eigenvalue weighted by Crippen LogP contribution is -1.92. The molecule has 1 N–H and O–H groups in total. The summed E-state index contributed by atoms with van der Waals surface area (Å²) in [7, 11) is -2.92. The van der Waals surface area contributed by atoms with Gasteiger partial charge in [0.15, 0.2) is 0 Å². The van der Waals surface area contributed by atoms with E-state index in [0.29, 0.717) is 0 Å². The van der Waals surface area contributed by atoms with Crippen LogP contribution in [0.25, 0.3) is 0 Å². The second kappa shape index (κ2) is 3.06. The van der Waals surface area contributed by atoms with Crippen LogP contribution in [0.4, 0.5) is 4.39 Å². The average Bonchev–Trinajstić information content (AvgIpc) is 2.05. The molecule has 0 aliphatic carbocycles. The first-order valence-corrected chi connectivity index (χ1v) is 4.85. The Hall–Kier alpha value is -1.16. The van der Waals surface area contributed by atoms with Crippen molar-refractivity contribution in [2.75, 3.05) is 0 Å². The van der Waals surface area contributed by atoms with Crippen molar-refractivity contribution in [2.24, 2.45) is 0 Å². The molecule has 0 aliphatic heterocycles. The van der Waals surface area contributed by atoms with Crippen molar-refractivity contribution in [2.45, 2.75) is 4.90 Å². The van der Waals surface area contributed by atoms with E-state index in [0.717, 1.165) is 5.41 Å². The van der Waals surface area contributed by atoms with E-state index in [1.807, 2.05) is 0 Å². The first kappa shape index (κ1) is 8.93. The summed E-state index contributed by atoms with van der Waals surface area (Å²) in [5.74, 6) is -0.405. The van der Waals surface area contributed by atoms with Crippen LogP contribution in [0, 0.1) is 10.6 Å². The molecule has 0 radical (unpaired) electrons. The minimum atomic E-state index is -2.92. The molecule has 2 nitrogen and oxygen atoms in total. The van der Waals surface area contributed by atoms with Crippen molar-refractivity contribution in [1.29, 1.82) is 4.78 Å². The molecule has 0 saturated heterocycles. The van der Waals surface area contributed by atoms with Gasteiger partial charge in [0.1, 0.15) is 5.82 Å². The normalized spacial score (nSPS) is 15.1. The molecule has 0 saturated carbocycles. The molecule has 0 amide bonds. The molecular weight excluding hydrogens is 177 g/mol. The molecule has 1 unspecified atom stereocenters. The van der Waals surface area contributed by atoms with E-state index >= 15 is 0 Å². The van der Waals surface area contributed by atoms with Gasteiger partial charge < -0.3 is 0 Å². The molecule has 1 atom stereocenters. The highest BCUT2D eigenvalue weighted by Gasteiger charge is 2.03. The van der Waals surface area contributed by atoms with Gasteiger partial charge in [-0.3, -0.25) is 0 Å². The largest absolute Gasteiger partial charge is 0.245 e. The predicted octanol–water partition coefficient (Wildman–Crippen LogP) is 2.37. The van der Waals surface area contributed by atoms with E-state index in [2.05, 4.69) is 6.58 Å². The molecule has 0 aromatic heterocycles. The van der Waals surface area contributed by atoms with Gasteiger partial charge in [0.25, 0.3) is 0 Å². The topological polar surface area (TPSA) is 40.9 Å². The monoisotopic (exact) mass is 185 g/mol. The highest BCUT2D eigenvalue weighted by atomic mass is 32.2. The van der Waals surface area contributed by atoms with Crippen LogP contribution in [0.1, 0.15) is 0 Å². The maximum absolute atomic E-state index is 12.4. The summed E-state index contributed by atoms with van der Waals surface area (Å²) < 4.78 is 31.0. The van der Waals surface area contributed by atoms with E-state index in [9.17, 15) is 8.60 Å². The Morgan fingerprint density at radius 1 is 1.42 bits per heavy atom. The number of halogens is 1. The van der Waals surface area contributed by atoms with Gasteiger partial charge in [-0.25, -0.2) is 13.4 Å². The summed E-state index contributed by atoms with van der Waals surface area (Å²) in [6, 6.07) is 5.00. The molecule has 12 heavy (non-hydrogen) atoms. The van der Waals surface area contributed by atoms with Crippen LogP contribution < -0.4 is 0 Å². The van der Waals surface area contributed by atoms with Gasteiger partial charge in [-0.1, -0.05) is 6.58 Å². The van der Waals surface area contributed by atoms with Crippen LogP contribution in [0.15, 0.2) is 41.1 Å². The van der Waals surface area contributed by atoms with E-state index < -0.39 is 15.5 Å². The van der Waals surface area contributed by atoms with Gasteiger partial charge in [-0.05, 0) is 24.3 Å². The zero-order valence-electron chi connectivity index (χ0n) is 6.29. The third-order valence-corrected chi connectivity index (χ3v) is 2.84. The fourth-order valence-corrected chi connectivity index (χ4v) is 1.47. The molecule has 1 aromatic rings. The highest BCUT2D eigenvalue weighted by Crippen LogP contribution is 2.12. The van der Waals surface area contributed by atoms with E-state index in [1.165, 1.54) is 24.3 Å². The zero-order valence-corrected chi connectivity index (χ0v) is 7.10. The Labute approximate surface area is 70.7 Å². The first-order chi connectivity index (χ1) is 5.56. The summed E-state index contributed by atoms with van der Waals surface area (Å²) in [4.78, 5) is 0.277. The molecule has 64 valence electrons. The van der Waals surface area contributed by atoms with Crippen LogP contribution in [0.3, 0.4) is 0 Å². The summed E-state index contributed by atoms with van der Waals surface area (Å²) >= 11 is 0. The number of rotatable bonds is 2. The number of hydrogen-bond donors (Lipinski definition) is 1.